The van der Waals surface area contributed by atoms with Gasteiger partial charge in [0, 0.05) is 0 Å². The highest BCUT2D eigenvalue weighted by Gasteiger charge is 2.20. The molecule has 0 saturated heterocycles. The lowest BCUT2D eigenvalue weighted by Crippen LogP contribution is -2.23. The van der Waals surface area contributed by atoms with E-state index in [1.54, 1.807) is 10.6 Å². The molecule has 4 rings (SSSR count). The maximum Gasteiger partial charge on any atom is -0.00160 e. The van der Waals surface area contributed by atoms with Crippen molar-refractivity contribution in [2.24, 2.45) is 0 Å². The van der Waals surface area contributed by atoms with Gasteiger partial charge in [0.05, 0.1) is 0 Å². The van der Waals surface area contributed by atoms with Crippen LogP contribution in [0.4, 0.5) is 0 Å². The summed E-state index contributed by atoms with van der Waals surface area (Å²) in [6.07, 6.45) is 0. The molecule has 0 saturated carbocycles. The smallest absolute Gasteiger partial charge is 0.00160 e. The van der Waals surface area contributed by atoms with Gasteiger partial charge in [0.2, 0.25) is 0 Å². The first kappa shape index (κ1) is 17.7. The minimum atomic E-state index is -0.206. The molecule has 130 valence electrons. The molecule has 4 aromatic rings. The molecule has 0 atom stereocenters. The Morgan fingerprint density at radius 3 is 1.88 bits per heavy atom. The zero-order valence-electron chi connectivity index (χ0n) is 15.8. The summed E-state index contributed by atoms with van der Waals surface area (Å²) in [7, 11) is -0.361. The number of hydrogen-bond donors (Lipinski definition) is 0. The van der Waals surface area contributed by atoms with E-state index in [1.807, 2.05) is 0 Å². The first-order chi connectivity index (χ1) is 12.6. The Kier molecular flexibility index (Phi) is 4.83. The SMILES string of the molecule is CP(C)c1cc2ccccc2c(-c2cccc3ccccc23)c1P(C)C. The van der Waals surface area contributed by atoms with Crippen LogP contribution in [0.25, 0.3) is 32.7 Å². The second-order valence-electron chi connectivity index (χ2n) is 7.16. The Balaban J connectivity index is 2.22. The Morgan fingerprint density at radius 1 is 0.577 bits per heavy atom. The first-order valence-corrected chi connectivity index (χ1v) is 13.4. The van der Waals surface area contributed by atoms with Gasteiger partial charge in [-0.25, -0.2) is 0 Å². The van der Waals surface area contributed by atoms with Crippen LogP contribution >= 0.6 is 15.8 Å². The van der Waals surface area contributed by atoms with Gasteiger partial charge in [-0.2, -0.15) is 0 Å². The molecule has 0 aromatic heterocycles. The molecular formula is C24H24P2. The van der Waals surface area contributed by atoms with Crippen LogP contribution in [0.5, 0.6) is 0 Å². The maximum atomic E-state index is 2.45. The second-order valence-corrected chi connectivity index (χ2v) is 11.7. The highest BCUT2D eigenvalue weighted by atomic mass is 31.1. The van der Waals surface area contributed by atoms with Gasteiger partial charge < -0.3 is 0 Å². The zero-order valence-corrected chi connectivity index (χ0v) is 17.6. The van der Waals surface area contributed by atoms with Gasteiger partial charge in [-0.3, -0.25) is 0 Å². The minimum Gasteiger partial charge on any atom is -0.0809 e. The molecule has 26 heavy (non-hydrogen) atoms. The van der Waals surface area contributed by atoms with E-state index in [0.717, 1.165) is 0 Å². The van der Waals surface area contributed by atoms with E-state index in [0.29, 0.717) is 0 Å². The second kappa shape index (κ2) is 7.11. The average molecular weight is 374 g/mol. The van der Waals surface area contributed by atoms with Crippen molar-refractivity contribution in [1.29, 1.82) is 0 Å². The topological polar surface area (TPSA) is 0 Å². The van der Waals surface area contributed by atoms with E-state index in [4.69, 9.17) is 0 Å². The zero-order chi connectivity index (χ0) is 18.3. The van der Waals surface area contributed by atoms with Crippen molar-refractivity contribution in [3.63, 3.8) is 0 Å². The Morgan fingerprint density at radius 2 is 1.19 bits per heavy atom. The number of benzene rings is 4. The van der Waals surface area contributed by atoms with E-state index >= 15 is 0 Å². The van der Waals surface area contributed by atoms with Crippen molar-refractivity contribution in [3.8, 4) is 11.1 Å². The van der Waals surface area contributed by atoms with E-state index in [9.17, 15) is 0 Å². The van der Waals surface area contributed by atoms with Crippen LogP contribution in [0.1, 0.15) is 0 Å². The molecule has 0 aliphatic rings. The van der Waals surface area contributed by atoms with E-state index in [2.05, 4.69) is 99.5 Å². The van der Waals surface area contributed by atoms with Crippen LogP contribution in [-0.2, 0) is 0 Å². The quantitative estimate of drug-likeness (QED) is 0.364. The Labute approximate surface area is 158 Å². The van der Waals surface area contributed by atoms with Gasteiger partial charge in [-0.15, -0.1) is 0 Å². The van der Waals surface area contributed by atoms with Gasteiger partial charge in [0.15, 0.2) is 0 Å². The third-order valence-electron chi connectivity index (χ3n) is 4.99. The van der Waals surface area contributed by atoms with Gasteiger partial charge in [0.1, 0.15) is 0 Å². The summed E-state index contributed by atoms with van der Waals surface area (Å²) in [5, 5.41) is 8.57. The van der Waals surface area contributed by atoms with Crippen molar-refractivity contribution < 1.29 is 0 Å². The van der Waals surface area contributed by atoms with Crippen molar-refractivity contribution >= 4 is 48.0 Å². The molecule has 0 aliphatic carbocycles. The lowest BCUT2D eigenvalue weighted by molar-refractivity contribution is 1.71. The number of fused-ring (bicyclic) bond motifs is 2. The maximum absolute atomic E-state index is 2.45. The lowest BCUT2D eigenvalue weighted by Gasteiger charge is -2.24. The predicted molar refractivity (Wildman–Crippen MR) is 124 cm³/mol. The van der Waals surface area contributed by atoms with Crippen LogP contribution in [0.3, 0.4) is 0 Å². The Bertz CT molecular complexity index is 1090. The predicted octanol–water partition coefficient (Wildman–Crippen LogP) is 6.39. The van der Waals surface area contributed by atoms with Crippen molar-refractivity contribution in [2.75, 3.05) is 26.7 Å². The largest absolute Gasteiger partial charge is 0.0809 e. The van der Waals surface area contributed by atoms with E-state index in [-0.39, 0.29) is 15.8 Å². The molecule has 0 fully saturated rings. The standard InChI is InChI=1S/C24H24P2/c1-25(2)22-16-18-11-6-8-14-20(18)23(24(22)26(3)4)21-15-9-12-17-10-5-7-13-19(17)21/h5-16H,1-4H3. The molecule has 4 aromatic carbocycles. The highest BCUT2D eigenvalue weighted by Crippen LogP contribution is 2.41. The summed E-state index contributed by atoms with van der Waals surface area (Å²) in [4.78, 5) is 0. The molecule has 2 heteroatoms. The summed E-state index contributed by atoms with van der Waals surface area (Å²) in [5.41, 5.74) is 2.84. The van der Waals surface area contributed by atoms with Crippen molar-refractivity contribution in [3.05, 3.63) is 72.8 Å². The lowest BCUT2D eigenvalue weighted by atomic mass is 9.94. The molecule has 0 amide bonds. The van der Waals surface area contributed by atoms with Crippen LogP contribution in [-0.4, -0.2) is 26.7 Å². The number of hydrogen-bond acceptors (Lipinski definition) is 0. The molecular weight excluding hydrogens is 350 g/mol. The molecule has 0 bridgehead atoms. The summed E-state index contributed by atoms with van der Waals surface area (Å²) >= 11 is 0. The van der Waals surface area contributed by atoms with Crippen molar-refractivity contribution in [2.45, 2.75) is 0 Å². The monoisotopic (exact) mass is 374 g/mol. The molecule has 0 heterocycles. The fourth-order valence-electron chi connectivity index (χ4n) is 3.83. The summed E-state index contributed by atoms with van der Waals surface area (Å²) < 4.78 is 0. The Hall–Kier alpha value is -1.74. The van der Waals surface area contributed by atoms with Gasteiger partial charge in [-0.05, 0) is 76.0 Å². The highest BCUT2D eigenvalue weighted by molar-refractivity contribution is 7.70. The average Bonchev–Trinajstić information content (AvgIpc) is 2.65. The summed E-state index contributed by atoms with van der Waals surface area (Å²) in [6.45, 7) is 9.57. The van der Waals surface area contributed by atoms with Crippen molar-refractivity contribution in [1.82, 2.24) is 0 Å². The van der Waals surface area contributed by atoms with E-state index < -0.39 is 0 Å². The fraction of sp³-hybridized carbons (Fsp3) is 0.167. The molecule has 0 radical (unpaired) electrons. The molecule has 0 unspecified atom stereocenters. The molecule has 0 spiro atoms. The summed E-state index contributed by atoms with van der Waals surface area (Å²) in [5.74, 6) is 0. The van der Waals surface area contributed by atoms with Crippen LogP contribution in [0.2, 0.25) is 0 Å². The summed E-state index contributed by atoms with van der Waals surface area (Å²) in [6, 6.07) is 26.9. The third-order valence-corrected chi connectivity index (χ3v) is 7.84. The van der Waals surface area contributed by atoms with Crippen LogP contribution in [0, 0.1) is 0 Å². The molecule has 0 N–H and O–H groups in total. The minimum absolute atomic E-state index is 0.156. The normalized spacial score (nSPS) is 11.8. The molecule has 0 nitrogen and oxygen atoms in total. The fourth-order valence-corrected chi connectivity index (χ4v) is 7.18. The van der Waals surface area contributed by atoms with Gasteiger partial charge >= 0.3 is 0 Å². The van der Waals surface area contributed by atoms with Gasteiger partial charge in [0.25, 0.3) is 0 Å². The molecule has 0 aliphatic heterocycles. The van der Waals surface area contributed by atoms with Gasteiger partial charge in [-0.1, -0.05) is 82.6 Å². The van der Waals surface area contributed by atoms with Crippen LogP contribution in [0.15, 0.2) is 72.8 Å². The van der Waals surface area contributed by atoms with E-state index in [1.165, 1.54) is 32.7 Å². The third kappa shape index (κ3) is 2.96. The first-order valence-electron chi connectivity index (χ1n) is 8.96. The number of rotatable bonds is 3. The van der Waals surface area contributed by atoms with Crippen LogP contribution < -0.4 is 10.6 Å².